The molecule has 0 unspecified atom stereocenters. The summed E-state index contributed by atoms with van der Waals surface area (Å²) < 4.78 is 10.4. The summed E-state index contributed by atoms with van der Waals surface area (Å²) in [5, 5.41) is 3.16. The highest BCUT2D eigenvalue weighted by Gasteiger charge is 2.17. The van der Waals surface area contributed by atoms with Gasteiger partial charge < -0.3 is 10.1 Å². The van der Waals surface area contributed by atoms with Gasteiger partial charge in [0.15, 0.2) is 0 Å². The summed E-state index contributed by atoms with van der Waals surface area (Å²) in [5.41, 5.74) is 0. The molecule has 84 valence electrons. The quantitative estimate of drug-likeness (QED) is 0.909. The molecule has 1 heterocycles. The molecule has 1 saturated heterocycles. The maximum absolute atomic E-state index is 5.62. The summed E-state index contributed by atoms with van der Waals surface area (Å²) in [6.45, 7) is 1.94. The van der Waals surface area contributed by atoms with Gasteiger partial charge in [-0.15, -0.1) is 0 Å². The lowest BCUT2D eigenvalue weighted by Crippen LogP contribution is -2.50. The Morgan fingerprint density at radius 2 is 1.87 bits per heavy atom. The summed E-state index contributed by atoms with van der Waals surface area (Å²) >= 11 is 7.87. The Balaban J connectivity index is 0.000000337. The molecule has 0 aromatic heterocycles. The average molecular weight is 295 g/mol. The van der Waals surface area contributed by atoms with Crippen molar-refractivity contribution in [1.82, 2.24) is 5.32 Å². The van der Waals surface area contributed by atoms with Gasteiger partial charge in [-0.1, -0.05) is 15.9 Å². The van der Waals surface area contributed by atoms with E-state index in [1.54, 1.807) is 0 Å². The topological polar surface area (TPSA) is 30.5 Å². The molecule has 3 nitrogen and oxygen atoms in total. The Morgan fingerprint density at radius 3 is 2.27 bits per heavy atom. The van der Waals surface area contributed by atoms with Crippen molar-refractivity contribution in [2.45, 2.75) is 6.10 Å². The molecule has 0 atom stereocenters. The lowest BCUT2D eigenvalue weighted by Gasteiger charge is -2.27. The zero-order valence-corrected chi connectivity index (χ0v) is 10.7. The highest BCUT2D eigenvalue weighted by atomic mass is 79.9. The highest BCUT2D eigenvalue weighted by Crippen LogP contribution is 2.17. The molecule has 1 fully saturated rings. The zero-order chi connectivity index (χ0) is 11.1. The Morgan fingerprint density at radius 1 is 1.33 bits per heavy atom. The van der Waals surface area contributed by atoms with Crippen molar-refractivity contribution in [3.05, 3.63) is 28.7 Å². The van der Waals surface area contributed by atoms with Crippen LogP contribution in [-0.2, 0) is 4.29 Å². The fourth-order valence-corrected chi connectivity index (χ4v) is 1.32. The predicted octanol–water partition coefficient (Wildman–Crippen LogP) is 2.59. The Bertz CT molecular complexity index is 277. The van der Waals surface area contributed by atoms with E-state index < -0.39 is 0 Å². The monoisotopic (exact) mass is 293 g/mol. The fraction of sp³-hybridized carbons (Fsp3) is 0.400. The number of hydrogen-bond acceptors (Lipinski definition) is 3. The molecular formula is C10H13BrClNO2. The van der Waals surface area contributed by atoms with Crippen LogP contribution < -0.4 is 10.1 Å². The molecule has 0 saturated carbocycles. The molecule has 5 heteroatoms. The lowest BCUT2D eigenvalue weighted by atomic mass is 10.2. The van der Waals surface area contributed by atoms with E-state index in [9.17, 15) is 0 Å². The van der Waals surface area contributed by atoms with Gasteiger partial charge in [-0.3, -0.25) is 4.29 Å². The van der Waals surface area contributed by atoms with Gasteiger partial charge in [0.2, 0.25) is 0 Å². The smallest absolute Gasteiger partial charge is 0.123 e. The third kappa shape index (κ3) is 4.84. The highest BCUT2D eigenvalue weighted by molar-refractivity contribution is 9.10. The molecule has 1 aliphatic heterocycles. The van der Waals surface area contributed by atoms with Gasteiger partial charge in [-0.05, 0) is 24.3 Å². The lowest BCUT2D eigenvalue weighted by molar-refractivity contribution is 0.142. The first-order valence-corrected chi connectivity index (χ1v) is 5.64. The molecule has 0 amide bonds. The van der Waals surface area contributed by atoms with Crippen LogP contribution in [0.1, 0.15) is 0 Å². The average Bonchev–Trinajstić information content (AvgIpc) is 2.15. The summed E-state index contributed by atoms with van der Waals surface area (Å²) in [6, 6.07) is 7.92. The first-order valence-electron chi connectivity index (χ1n) is 4.54. The molecule has 15 heavy (non-hydrogen) atoms. The van der Waals surface area contributed by atoms with Crippen molar-refractivity contribution in [2.24, 2.45) is 0 Å². The van der Waals surface area contributed by atoms with E-state index in [0.717, 1.165) is 23.3 Å². The van der Waals surface area contributed by atoms with Crippen molar-refractivity contribution in [1.29, 1.82) is 0 Å². The minimum absolute atomic E-state index is 0.367. The predicted molar refractivity (Wildman–Crippen MR) is 64.3 cm³/mol. The molecule has 0 spiro atoms. The van der Waals surface area contributed by atoms with Gasteiger partial charge in [-0.2, -0.15) is 0 Å². The van der Waals surface area contributed by atoms with E-state index in [0.29, 0.717) is 6.10 Å². The molecule has 2 rings (SSSR count). The molecule has 1 N–H and O–H groups in total. The van der Waals surface area contributed by atoms with Gasteiger partial charge in [0.1, 0.15) is 11.9 Å². The van der Waals surface area contributed by atoms with Crippen LogP contribution in [0.15, 0.2) is 28.7 Å². The molecular weight excluding hydrogens is 281 g/mol. The van der Waals surface area contributed by atoms with E-state index >= 15 is 0 Å². The number of hydrogen-bond donors (Lipinski definition) is 1. The second-order valence-corrected chi connectivity index (χ2v) is 4.23. The molecule has 1 aromatic carbocycles. The number of ether oxygens (including phenoxy) is 1. The van der Waals surface area contributed by atoms with Crippen LogP contribution in [0.3, 0.4) is 0 Å². The van der Waals surface area contributed by atoms with Gasteiger partial charge in [-0.25, -0.2) is 0 Å². The molecule has 0 aliphatic carbocycles. The minimum Gasteiger partial charge on any atom is -0.488 e. The van der Waals surface area contributed by atoms with E-state index in [4.69, 9.17) is 4.74 Å². The third-order valence-electron chi connectivity index (χ3n) is 1.86. The first-order chi connectivity index (χ1) is 7.26. The van der Waals surface area contributed by atoms with E-state index in [2.05, 4.69) is 37.4 Å². The van der Waals surface area contributed by atoms with Crippen molar-refractivity contribution in [2.75, 3.05) is 20.2 Å². The maximum Gasteiger partial charge on any atom is 0.123 e. The van der Waals surface area contributed by atoms with Crippen molar-refractivity contribution in [3.63, 3.8) is 0 Å². The molecule has 1 aromatic rings. The molecule has 1 aliphatic rings. The van der Waals surface area contributed by atoms with Crippen LogP contribution in [0.2, 0.25) is 0 Å². The Labute approximate surface area is 103 Å². The third-order valence-corrected chi connectivity index (χ3v) is 2.39. The number of nitrogens with one attached hydrogen (secondary N) is 1. The Kier molecular flexibility index (Phi) is 6.02. The summed E-state index contributed by atoms with van der Waals surface area (Å²) in [6.07, 6.45) is 0.367. The normalized spacial score (nSPS) is 14.9. The van der Waals surface area contributed by atoms with Crippen LogP contribution in [0.25, 0.3) is 0 Å². The number of benzene rings is 1. The minimum atomic E-state index is 0.367. The van der Waals surface area contributed by atoms with Crippen LogP contribution in [0.4, 0.5) is 0 Å². The van der Waals surface area contributed by atoms with E-state index in [1.807, 2.05) is 24.3 Å². The fourth-order valence-electron chi connectivity index (χ4n) is 1.05. The molecule has 0 bridgehead atoms. The number of halogens is 2. The Hall–Kier alpha value is -0.290. The van der Waals surface area contributed by atoms with Gasteiger partial charge in [0.05, 0.1) is 19.0 Å². The van der Waals surface area contributed by atoms with Gasteiger partial charge >= 0.3 is 0 Å². The standard InChI is InChI=1S/C9H10BrNO.CH3ClO/c10-7-1-3-8(4-2-7)12-9-5-11-6-9;1-3-2/h1-4,9,11H,5-6H2;1H3. The van der Waals surface area contributed by atoms with Crippen LogP contribution in [-0.4, -0.2) is 26.3 Å². The summed E-state index contributed by atoms with van der Waals surface area (Å²) in [5.74, 6) is 0.949. The second kappa shape index (κ2) is 7.06. The van der Waals surface area contributed by atoms with E-state index in [1.165, 1.54) is 7.11 Å². The summed E-state index contributed by atoms with van der Waals surface area (Å²) in [7, 11) is 1.39. The maximum atomic E-state index is 5.62. The summed E-state index contributed by atoms with van der Waals surface area (Å²) in [4.78, 5) is 0. The largest absolute Gasteiger partial charge is 0.488 e. The van der Waals surface area contributed by atoms with Crippen LogP contribution in [0.5, 0.6) is 5.75 Å². The van der Waals surface area contributed by atoms with E-state index in [-0.39, 0.29) is 0 Å². The SMILES string of the molecule is Brc1ccc(OC2CNC2)cc1.COCl. The van der Waals surface area contributed by atoms with Crippen molar-refractivity contribution >= 4 is 27.8 Å². The van der Waals surface area contributed by atoms with Crippen LogP contribution >= 0.6 is 27.8 Å². The zero-order valence-electron chi connectivity index (χ0n) is 8.37. The van der Waals surface area contributed by atoms with Gasteiger partial charge in [0.25, 0.3) is 0 Å². The second-order valence-electron chi connectivity index (χ2n) is 3.01. The molecule has 0 radical (unpaired) electrons. The first kappa shape index (κ1) is 12.8. The van der Waals surface area contributed by atoms with Gasteiger partial charge in [0, 0.05) is 17.6 Å². The van der Waals surface area contributed by atoms with Crippen LogP contribution in [0, 0.1) is 0 Å². The number of rotatable bonds is 2. The van der Waals surface area contributed by atoms with Crippen molar-refractivity contribution < 1.29 is 9.03 Å². The van der Waals surface area contributed by atoms with Crippen molar-refractivity contribution in [3.8, 4) is 5.75 Å².